The fourth-order valence-corrected chi connectivity index (χ4v) is 3.37. The van der Waals surface area contributed by atoms with Gasteiger partial charge in [0.1, 0.15) is 0 Å². The molecule has 1 aliphatic heterocycles. The van der Waals surface area contributed by atoms with Crippen molar-refractivity contribution in [1.29, 1.82) is 0 Å². The van der Waals surface area contributed by atoms with Crippen LogP contribution in [0.3, 0.4) is 0 Å². The number of primary sulfonamides is 1. The van der Waals surface area contributed by atoms with Crippen LogP contribution in [0.1, 0.15) is 24.7 Å². The standard InChI is InChI=1S/C15H21N5O3S/c1-11(15-17-12(2)18-23-15)19-7-9-20(10-8-19)13-3-5-14(6-4-13)24(16,21)22/h3-6,11H,7-10H2,1-2H3,(H2,16,21,22). The summed E-state index contributed by atoms with van der Waals surface area (Å²) in [5.74, 6) is 1.28. The predicted molar refractivity (Wildman–Crippen MR) is 89.1 cm³/mol. The van der Waals surface area contributed by atoms with Crippen molar-refractivity contribution in [2.75, 3.05) is 31.1 Å². The Hall–Kier alpha value is -1.97. The summed E-state index contributed by atoms with van der Waals surface area (Å²) in [6.45, 7) is 7.27. The molecular formula is C15H21N5O3S. The van der Waals surface area contributed by atoms with Gasteiger partial charge in [0.15, 0.2) is 5.82 Å². The molecule has 0 radical (unpaired) electrons. The van der Waals surface area contributed by atoms with E-state index in [1.807, 2.05) is 6.92 Å². The zero-order valence-corrected chi connectivity index (χ0v) is 14.5. The number of hydrogen-bond acceptors (Lipinski definition) is 7. The van der Waals surface area contributed by atoms with Crippen LogP contribution in [0, 0.1) is 6.92 Å². The van der Waals surface area contributed by atoms with Gasteiger partial charge in [-0.15, -0.1) is 0 Å². The van der Waals surface area contributed by atoms with E-state index in [0.29, 0.717) is 11.7 Å². The molecule has 24 heavy (non-hydrogen) atoms. The number of aromatic nitrogens is 2. The molecule has 0 bridgehead atoms. The molecule has 3 rings (SSSR count). The summed E-state index contributed by atoms with van der Waals surface area (Å²) >= 11 is 0. The molecule has 2 N–H and O–H groups in total. The van der Waals surface area contributed by atoms with E-state index in [1.165, 1.54) is 0 Å². The van der Waals surface area contributed by atoms with Crippen LogP contribution in [-0.2, 0) is 10.0 Å². The molecule has 130 valence electrons. The predicted octanol–water partition coefficient (Wildman–Crippen LogP) is 0.909. The van der Waals surface area contributed by atoms with Crippen molar-refractivity contribution >= 4 is 15.7 Å². The molecule has 0 saturated carbocycles. The van der Waals surface area contributed by atoms with Crippen LogP contribution in [-0.4, -0.2) is 49.6 Å². The molecule has 1 fully saturated rings. The summed E-state index contributed by atoms with van der Waals surface area (Å²) in [5.41, 5.74) is 0.989. The highest BCUT2D eigenvalue weighted by Crippen LogP contribution is 2.23. The molecule has 2 heterocycles. The smallest absolute Gasteiger partial charge is 0.243 e. The average molecular weight is 351 g/mol. The number of aryl methyl sites for hydroxylation is 1. The van der Waals surface area contributed by atoms with Crippen LogP contribution < -0.4 is 10.0 Å². The Morgan fingerprint density at radius 2 is 1.79 bits per heavy atom. The highest BCUT2D eigenvalue weighted by Gasteiger charge is 2.25. The van der Waals surface area contributed by atoms with Gasteiger partial charge in [-0.1, -0.05) is 5.16 Å². The second-order valence-electron chi connectivity index (χ2n) is 5.92. The van der Waals surface area contributed by atoms with Crippen LogP contribution in [0.4, 0.5) is 5.69 Å². The third-order valence-electron chi connectivity index (χ3n) is 4.29. The van der Waals surface area contributed by atoms with E-state index in [1.54, 1.807) is 24.3 Å². The fraction of sp³-hybridized carbons (Fsp3) is 0.467. The van der Waals surface area contributed by atoms with Crippen molar-refractivity contribution in [3.05, 3.63) is 36.0 Å². The van der Waals surface area contributed by atoms with Gasteiger partial charge in [-0.05, 0) is 38.1 Å². The number of rotatable bonds is 4. The van der Waals surface area contributed by atoms with Crippen molar-refractivity contribution in [3.63, 3.8) is 0 Å². The van der Waals surface area contributed by atoms with Gasteiger partial charge < -0.3 is 9.42 Å². The second kappa shape index (κ2) is 6.50. The monoisotopic (exact) mass is 351 g/mol. The minimum Gasteiger partial charge on any atom is -0.369 e. The molecule has 1 saturated heterocycles. The Labute approximate surface area is 141 Å². The summed E-state index contributed by atoms with van der Waals surface area (Å²) in [6, 6.07) is 6.75. The van der Waals surface area contributed by atoms with E-state index in [4.69, 9.17) is 9.66 Å². The molecule has 1 aromatic carbocycles. The highest BCUT2D eigenvalue weighted by atomic mass is 32.2. The third kappa shape index (κ3) is 3.58. The van der Waals surface area contributed by atoms with Gasteiger partial charge >= 0.3 is 0 Å². The molecule has 0 spiro atoms. The van der Waals surface area contributed by atoms with Crippen LogP contribution in [0.5, 0.6) is 0 Å². The van der Waals surface area contributed by atoms with Crippen molar-refractivity contribution in [2.45, 2.75) is 24.8 Å². The summed E-state index contributed by atoms with van der Waals surface area (Å²) in [5, 5.41) is 8.97. The molecule has 9 heteroatoms. The van der Waals surface area contributed by atoms with Crippen LogP contribution >= 0.6 is 0 Å². The number of sulfonamides is 1. The molecule has 1 unspecified atom stereocenters. The first-order valence-electron chi connectivity index (χ1n) is 7.76. The molecule has 1 aromatic heterocycles. The Balaban J connectivity index is 1.62. The van der Waals surface area contributed by atoms with Crippen molar-refractivity contribution in [1.82, 2.24) is 15.0 Å². The molecule has 0 aliphatic carbocycles. The summed E-state index contributed by atoms with van der Waals surface area (Å²) in [4.78, 5) is 8.94. The van der Waals surface area contributed by atoms with Crippen molar-refractivity contribution in [2.24, 2.45) is 5.14 Å². The van der Waals surface area contributed by atoms with Crippen molar-refractivity contribution in [3.8, 4) is 0 Å². The maximum Gasteiger partial charge on any atom is 0.243 e. The maximum atomic E-state index is 11.3. The minimum absolute atomic E-state index is 0.0816. The van der Waals surface area contributed by atoms with Crippen LogP contribution in [0.15, 0.2) is 33.7 Å². The van der Waals surface area contributed by atoms with Gasteiger partial charge in [0.05, 0.1) is 10.9 Å². The van der Waals surface area contributed by atoms with E-state index in [-0.39, 0.29) is 10.9 Å². The van der Waals surface area contributed by atoms with Gasteiger partial charge in [-0.3, -0.25) is 4.90 Å². The van der Waals surface area contributed by atoms with E-state index >= 15 is 0 Å². The SMILES string of the molecule is Cc1noc(C(C)N2CCN(c3ccc(S(N)(=O)=O)cc3)CC2)n1. The summed E-state index contributed by atoms with van der Waals surface area (Å²) < 4.78 is 27.9. The summed E-state index contributed by atoms with van der Waals surface area (Å²) in [6.07, 6.45) is 0. The third-order valence-corrected chi connectivity index (χ3v) is 5.22. The Morgan fingerprint density at radius 1 is 1.17 bits per heavy atom. The first-order chi connectivity index (χ1) is 11.3. The van der Waals surface area contributed by atoms with E-state index < -0.39 is 10.0 Å². The number of piperazine rings is 1. The van der Waals surface area contributed by atoms with Gasteiger partial charge in [0.25, 0.3) is 0 Å². The van der Waals surface area contributed by atoms with Gasteiger partial charge in [0, 0.05) is 31.9 Å². The van der Waals surface area contributed by atoms with Crippen LogP contribution in [0.25, 0.3) is 0 Å². The maximum absolute atomic E-state index is 11.3. The lowest BCUT2D eigenvalue weighted by Gasteiger charge is -2.38. The number of hydrogen-bond donors (Lipinski definition) is 1. The molecule has 1 atom stereocenters. The lowest BCUT2D eigenvalue weighted by molar-refractivity contribution is 0.164. The molecule has 1 aliphatic rings. The normalized spacial score (nSPS) is 17.9. The average Bonchev–Trinajstić information content (AvgIpc) is 3.00. The largest absolute Gasteiger partial charge is 0.369 e. The molecular weight excluding hydrogens is 330 g/mol. The topological polar surface area (TPSA) is 106 Å². The van der Waals surface area contributed by atoms with E-state index in [2.05, 4.69) is 26.9 Å². The second-order valence-corrected chi connectivity index (χ2v) is 7.48. The molecule has 8 nitrogen and oxygen atoms in total. The molecule has 2 aromatic rings. The fourth-order valence-electron chi connectivity index (χ4n) is 2.85. The highest BCUT2D eigenvalue weighted by molar-refractivity contribution is 7.89. The van der Waals surface area contributed by atoms with Gasteiger partial charge in [-0.2, -0.15) is 4.98 Å². The van der Waals surface area contributed by atoms with E-state index in [9.17, 15) is 8.42 Å². The van der Waals surface area contributed by atoms with Gasteiger partial charge in [-0.25, -0.2) is 13.6 Å². The van der Waals surface area contributed by atoms with Crippen molar-refractivity contribution < 1.29 is 12.9 Å². The van der Waals surface area contributed by atoms with E-state index in [0.717, 1.165) is 31.9 Å². The minimum atomic E-state index is -3.65. The first kappa shape index (κ1) is 16.9. The number of nitrogens with two attached hydrogens (primary N) is 1. The first-order valence-corrected chi connectivity index (χ1v) is 9.31. The van der Waals surface area contributed by atoms with Gasteiger partial charge in [0.2, 0.25) is 15.9 Å². The molecule has 0 amide bonds. The Morgan fingerprint density at radius 3 is 2.29 bits per heavy atom. The number of nitrogens with zero attached hydrogens (tertiary/aromatic N) is 4. The Kier molecular flexibility index (Phi) is 4.57. The van der Waals surface area contributed by atoms with Crippen LogP contribution in [0.2, 0.25) is 0 Å². The number of benzene rings is 1. The Bertz CT molecular complexity index is 795. The number of anilines is 1. The quantitative estimate of drug-likeness (QED) is 0.872. The lowest BCUT2D eigenvalue weighted by Crippen LogP contribution is -2.47. The summed E-state index contributed by atoms with van der Waals surface area (Å²) in [7, 11) is -3.65. The zero-order chi connectivity index (χ0) is 17.3. The lowest BCUT2D eigenvalue weighted by atomic mass is 10.2. The zero-order valence-electron chi connectivity index (χ0n) is 13.7.